The van der Waals surface area contributed by atoms with Gasteiger partial charge in [-0.3, -0.25) is 9.59 Å². The van der Waals surface area contributed by atoms with Gasteiger partial charge < -0.3 is 15.1 Å². The number of carbonyl (C=O) groups excluding carboxylic acids is 2. The topological polar surface area (TPSA) is 52.7 Å². The molecule has 1 saturated heterocycles. The zero-order valence-corrected chi connectivity index (χ0v) is 17.9. The SMILES string of the molecule is CC(C)NC(=O)C1CCN(C(=O)c2ccc(N3CCc4ccccc4C3)cc2)CC1. The van der Waals surface area contributed by atoms with Crippen molar-refractivity contribution >= 4 is 17.5 Å². The summed E-state index contributed by atoms with van der Waals surface area (Å²) in [7, 11) is 0. The molecule has 0 atom stereocenters. The summed E-state index contributed by atoms with van der Waals surface area (Å²) in [5.41, 5.74) is 4.70. The zero-order valence-electron chi connectivity index (χ0n) is 17.9. The van der Waals surface area contributed by atoms with E-state index in [0.717, 1.165) is 43.6 Å². The monoisotopic (exact) mass is 405 g/mol. The maximum Gasteiger partial charge on any atom is 0.253 e. The predicted octanol–water partition coefficient (Wildman–Crippen LogP) is 3.63. The van der Waals surface area contributed by atoms with Crippen LogP contribution in [0.25, 0.3) is 0 Å². The molecule has 1 fully saturated rings. The Labute approximate surface area is 179 Å². The van der Waals surface area contributed by atoms with Gasteiger partial charge in [-0.2, -0.15) is 0 Å². The normalized spacial score (nSPS) is 17.0. The summed E-state index contributed by atoms with van der Waals surface area (Å²) in [5, 5.41) is 2.98. The third-order valence-corrected chi connectivity index (χ3v) is 6.19. The molecule has 0 saturated carbocycles. The Hall–Kier alpha value is -2.82. The lowest BCUT2D eigenvalue weighted by molar-refractivity contribution is -0.126. The van der Waals surface area contributed by atoms with Gasteiger partial charge in [0, 0.05) is 49.4 Å². The highest BCUT2D eigenvalue weighted by Gasteiger charge is 2.28. The lowest BCUT2D eigenvalue weighted by Crippen LogP contribution is -2.44. The van der Waals surface area contributed by atoms with Crippen molar-refractivity contribution in [1.82, 2.24) is 10.2 Å². The van der Waals surface area contributed by atoms with Gasteiger partial charge >= 0.3 is 0 Å². The number of hydrogen-bond acceptors (Lipinski definition) is 3. The van der Waals surface area contributed by atoms with Gasteiger partial charge in [-0.1, -0.05) is 24.3 Å². The van der Waals surface area contributed by atoms with Crippen LogP contribution in [-0.2, 0) is 17.8 Å². The second kappa shape index (κ2) is 8.90. The van der Waals surface area contributed by atoms with Gasteiger partial charge in [-0.25, -0.2) is 0 Å². The summed E-state index contributed by atoms with van der Waals surface area (Å²) in [6, 6.07) is 16.8. The molecule has 4 rings (SSSR count). The predicted molar refractivity (Wildman–Crippen MR) is 120 cm³/mol. The maximum atomic E-state index is 12.9. The summed E-state index contributed by atoms with van der Waals surface area (Å²) in [5.74, 6) is 0.193. The fraction of sp³-hybridized carbons (Fsp3) is 0.440. The first-order valence-electron chi connectivity index (χ1n) is 11.0. The Kier molecular flexibility index (Phi) is 6.07. The molecule has 2 aliphatic heterocycles. The molecule has 0 aliphatic carbocycles. The quantitative estimate of drug-likeness (QED) is 0.845. The van der Waals surface area contributed by atoms with Crippen LogP contribution in [-0.4, -0.2) is 42.4 Å². The first-order chi connectivity index (χ1) is 14.5. The summed E-state index contributed by atoms with van der Waals surface area (Å²) in [4.78, 5) is 29.4. The molecule has 0 spiro atoms. The molecule has 5 nitrogen and oxygen atoms in total. The zero-order chi connectivity index (χ0) is 21.1. The summed E-state index contributed by atoms with van der Waals surface area (Å²) >= 11 is 0. The second-order valence-electron chi connectivity index (χ2n) is 8.72. The van der Waals surface area contributed by atoms with E-state index in [-0.39, 0.29) is 23.8 Å². The number of hydrogen-bond donors (Lipinski definition) is 1. The van der Waals surface area contributed by atoms with Crippen LogP contribution in [0.3, 0.4) is 0 Å². The Morgan fingerprint density at radius 2 is 1.60 bits per heavy atom. The maximum absolute atomic E-state index is 12.9. The second-order valence-corrected chi connectivity index (χ2v) is 8.72. The van der Waals surface area contributed by atoms with Crippen LogP contribution in [0.5, 0.6) is 0 Å². The van der Waals surface area contributed by atoms with Gasteiger partial charge in [-0.05, 0) is 68.5 Å². The number of piperidine rings is 1. The van der Waals surface area contributed by atoms with Crippen molar-refractivity contribution in [2.24, 2.45) is 5.92 Å². The average molecular weight is 406 g/mol. The molecular weight excluding hydrogens is 374 g/mol. The van der Waals surface area contributed by atoms with E-state index in [4.69, 9.17) is 0 Å². The summed E-state index contributed by atoms with van der Waals surface area (Å²) in [6.07, 6.45) is 2.52. The number of carbonyl (C=O) groups is 2. The van der Waals surface area contributed by atoms with Crippen molar-refractivity contribution in [3.8, 4) is 0 Å². The van der Waals surface area contributed by atoms with Crippen LogP contribution in [0.15, 0.2) is 48.5 Å². The minimum Gasteiger partial charge on any atom is -0.367 e. The van der Waals surface area contributed by atoms with E-state index in [1.807, 2.05) is 30.9 Å². The minimum absolute atomic E-state index is 0.0146. The minimum atomic E-state index is 0.0146. The van der Waals surface area contributed by atoms with E-state index >= 15 is 0 Å². The molecule has 5 heteroatoms. The van der Waals surface area contributed by atoms with Crippen molar-refractivity contribution in [2.75, 3.05) is 24.5 Å². The van der Waals surface area contributed by atoms with E-state index < -0.39 is 0 Å². The van der Waals surface area contributed by atoms with Crippen molar-refractivity contribution < 1.29 is 9.59 Å². The number of nitrogens with zero attached hydrogens (tertiary/aromatic N) is 2. The average Bonchev–Trinajstić information content (AvgIpc) is 2.78. The van der Waals surface area contributed by atoms with Gasteiger partial charge in [0.2, 0.25) is 5.91 Å². The molecule has 1 N–H and O–H groups in total. The lowest BCUT2D eigenvalue weighted by Gasteiger charge is -2.32. The third kappa shape index (κ3) is 4.50. The van der Waals surface area contributed by atoms with E-state index in [1.165, 1.54) is 11.1 Å². The van der Waals surface area contributed by atoms with Crippen LogP contribution in [0, 0.1) is 5.92 Å². The number of likely N-dealkylation sites (tertiary alicyclic amines) is 1. The van der Waals surface area contributed by atoms with Crippen LogP contribution in [0.4, 0.5) is 5.69 Å². The van der Waals surface area contributed by atoms with Crippen molar-refractivity contribution in [2.45, 2.75) is 45.7 Å². The van der Waals surface area contributed by atoms with Crippen LogP contribution >= 0.6 is 0 Å². The molecule has 0 radical (unpaired) electrons. The molecule has 0 bridgehead atoms. The number of amides is 2. The highest BCUT2D eigenvalue weighted by atomic mass is 16.2. The molecule has 2 heterocycles. The third-order valence-electron chi connectivity index (χ3n) is 6.19. The number of nitrogens with one attached hydrogen (secondary N) is 1. The smallest absolute Gasteiger partial charge is 0.253 e. The Bertz CT molecular complexity index is 899. The molecule has 158 valence electrons. The molecule has 0 unspecified atom stereocenters. The van der Waals surface area contributed by atoms with Crippen molar-refractivity contribution in [1.29, 1.82) is 0 Å². The van der Waals surface area contributed by atoms with Crippen LogP contribution in [0.1, 0.15) is 48.2 Å². The Morgan fingerprint density at radius 3 is 2.27 bits per heavy atom. The standard InChI is InChI=1S/C25H31N3O2/c1-18(2)26-24(29)20-12-14-27(15-13-20)25(30)21-7-9-23(10-8-21)28-16-11-19-5-3-4-6-22(19)17-28/h3-10,18,20H,11-17H2,1-2H3,(H,26,29). The first-order valence-corrected chi connectivity index (χ1v) is 11.0. The van der Waals surface area contributed by atoms with E-state index in [1.54, 1.807) is 0 Å². The van der Waals surface area contributed by atoms with Gasteiger partial charge in [0.1, 0.15) is 0 Å². The molecule has 0 aromatic heterocycles. The lowest BCUT2D eigenvalue weighted by atomic mass is 9.95. The number of fused-ring (bicyclic) bond motifs is 1. The number of rotatable bonds is 4. The summed E-state index contributed by atoms with van der Waals surface area (Å²) < 4.78 is 0. The van der Waals surface area contributed by atoms with Gasteiger partial charge in [0.25, 0.3) is 5.91 Å². The molecular formula is C25H31N3O2. The number of benzene rings is 2. The van der Waals surface area contributed by atoms with E-state index in [0.29, 0.717) is 13.1 Å². The number of anilines is 1. The molecule has 2 aliphatic rings. The van der Waals surface area contributed by atoms with Gasteiger partial charge in [0.05, 0.1) is 0 Å². The molecule has 2 aromatic carbocycles. The van der Waals surface area contributed by atoms with Crippen LogP contribution < -0.4 is 10.2 Å². The fourth-order valence-electron chi connectivity index (χ4n) is 4.46. The highest BCUT2D eigenvalue weighted by molar-refractivity contribution is 5.94. The highest BCUT2D eigenvalue weighted by Crippen LogP contribution is 2.25. The van der Waals surface area contributed by atoms with Crippen LogP contribution in [0.2, 0.25) is 0 Å². The Balaban J connectivity index is 1.34. The van der Waals surface area contributed by atoms with E-state index in [2.05, 4.69) is 46.6 Å². The Morgan fingerprint density at radius 1 is 0.933 bits per heavy atom. The molecule has 2 aromatic rings. The molecule has 2 amide bonds. The van der Waals surface area contributed by atoms with E-state index in [9.17, 15) is 9.59 Å². The van der Waals surface area contributed by atoms with Gasteiger partial charge in [0.15, 0.2) is 0 Å². The molecule has 30 heavy (non-hydrogen) atoms. The van der Waals surface area contributed by atoms with Gasteiger partial charge in [-0.15, -0.1) is 0 Å². The largest absolute Gasteiger partial charge is 0.367 e. The first kappa shape index (κ1) is 20.5. The summed E-state index contributed by atoms with van der Waals surface area (Å²) in [6.45, 7) is 7.14. The van der Waals surface area contributed by atoms with Crippen molar-refractivity contribution in [3.05, 3.63) is 65.2 Å². The van der Waals surface area contributed by atoms with Crippen molar-refractivity contribution in [3.63, 3.8) is 0 Å². The fourth-order valence-corrected chi connectivity index (χ4v) is 4.46.